The number of hydrogen-bond acceptors (Lipinski definition) is 2. The molecule has 0 heterocycles. The van der Waals surface area contributed by atoms with E-state index in [4.69, 9.17) is 4.74 Å². The van der Waals surface area contributed by atoms with Gasteiger partial charge in [0.05, 0.1) is 6.10 Å². The Bertz CT molecular complexity index is 170. The van der Waals surface area contributed by atoms with E-state index in [9.17, 15) is 0 Å². The molecule has 2 heteroatoms. The molecule has 0 radical (unpaired) electrons. The number of ether oxygens (including phenoxy) is 1. The van der Waals surface area contributed by atoms with Crippen LogP contribution in [0.3, 0.4) is 0 Å². The lowest BCUT2D eigenvalue weighted by Crippen LogP contribution is -2.51. The van der Waals surface area contributed by atoms with Crippen LogP contribution < -0.4 is 5.32 Å². The standard InChI is InChI=1S/C14H31NO/c1-8-11(9-2)12(15-10-3)13(16-7)14(4,5)6/h11-13,15H,8-10H2,1-7H3. The molecular weight excluding hydrogens is 198 g/mol. The van der Waals surface area contributed by atoms with Gasteiger partial charge in [-0.2, -0.15) is 0 Å². The second-order valence-electron chi connectivity index (χ2n) is 5.68. The third-order valence-electron chi connectivity index (χ3n) is 3.43. The van der Waals surface area contributed by atoms with Gasteiger partial charge in [0.15, 0.2) is 0 Å². The molecular formula is C14H31NO. The van der Waals surface area contributed by atoms with Gasteiger partial charge >= 0.3 is 0 Å². The predicted octanol–water partition coefficient (Wildman–Crippen LogP) is 3.46. The first-order chi connectivity index (χ1) is 7.42. The molecule has 0 aliphatic rings. The summed E-state index contributed by atoms with van der Waals surface area (Å²) in [5.74, 6) is 0.698. The van der Waals surface area contributed by atoms with Gasteiger partial charge in [0, 0.05) is 13.2 Å². The lowest BCUT2D eigenvalue weighted by Gasteiger charge is -2.40. The molecule has 0 aliphatic carbocycles. The van der Waals surface area contributed by atoms with Crippen LogP contribution in [0.5, 0.6) is 0 Å². The summed E-state index contributed by atoms with van der Waals surface area (Å²) in [7, 11) is 1.84. The molecule has 0 bridgehead atoms. The van der Waals surface area contributed by atoms with Crippen LogP contribution >= 0.6 is 0 Å². The van der Waals surface area contributed by atoms with Gasteiger partial charge in [-0.15, -0.1) is 0 Å². The highest BCUT2D eigenvalue weighted by molar-refractivity contribution is 4.89. The summed E-state index contributed by atoms with van der Waals surface area (Å²) in [6, 6.07) is 0.463. The van der Waals surface area contributed by atoms with Gasteiger partial charge in [0.25, 0.3) is 0 Å². The summed E-state index contributed by atoms with van der Waals surface area (Å²) in [6.45, 7) is 14.5. The van der Waals surface area contributed by atoms with Crippen molar-refractivity contribution in [1.82, 2.24) is 5.32 Å². The van der Waals surface area contributed by atoms with Gasteiger partial charge in [0.1, 0.15) is 0 Å². The first-order valence-corrected chi connectivity index (χ1v) is 6.68. The maximum atomic E-state index is 5.75. The molecule has 0 aromatic rings. The average Bonchev–Trinajstić information content (AvgIpc) is 2.18. The van der Waals surface area contributed by atoms with E-state index in [0.29, 0.717) is 12.0 Å². The quantitative estimate of drug-likeness (QED) is 0.722. The maximum absolute atomic E-state index is 5.75. The second-order valence-corrected chi connectivity index (χ2v) is 5.68. The minimum Gasteiger partial charge on any atom is -0.379 e. The molecule has 0 amide bonds. The van der Waals surface area contributed by atoms with Crippen molar-refractivity contribution in [1.29, 1.82) is 0 Å². The van der Waals surface area contributed by atoms with Crippen molar-refractivity contribution in [3.05, 3.63) is 0 Å². The Morgan fingerprint density at radius 2 is 1.56 bits per heavy atom. The van der Waals surface area contributed by atoms with Crippen molar-refractivity contribution >= 4 is 0 Å². The largest absolute Gasteiger partial charge is 0.379 e. The SMILES string of the molecule is CCNC(C(CC)CC)C(OC)C(C)(C)C. The molecule has 0 fully saturated rings. The molecule has 98 valence electrons. The number of nitrogens with one attached hydrogen (secondary N) is 1. The average molecular weight is 229 g/mol. The van der Waals surface area contributed by atoms with E-state index in [1.807, 2.05) is 7.11 Å². The van der Waals surface area contributed by atoms with Gasteiger partial charge in [-0.25, -0.2) is 0 Å². The van der Waals surface area contributed by atoms with Crippen molar-refractivity contribution in [2.75, 3.05) is 13.7 Å². The summed E-state index contributed by atoms with van der Waals surface area (Å²) in [5.41, 5.74) is 0.185. The maximum Gasteiger partial charge on any atom is 0.0775 e. The Balaban J connectivity index is 4.84. The molecule has 0 spiro atoms. The van der Waals surface area contributed by atoms with Crippen LogP contribution in [0.4, 0.5) is 0 Å². The zero-order valence-electron chi connectivity index (χ0n) is 12.3. The molecule has 2 atom stereocenters. The Hall–Kier alpha value is -0.0800. The molecule has 2 unspecified atom stereocenters. The van der Waals surface area contributed by atoms with E-state index in [0.717, 1.165) is 6.54 Å². The van der Waals surface area contributed by atoms with Crippen LogP contribution in [0.1, 0.15) is 54.4 Å². The zero-order valence-corrected chi connectivity index (χ0v) is 12.3. The van der Waals surface area contributed by atoms with Crippen molar-refractivity contribution in [2.45, 2.75) is 66.5 Å². The van der Waals surface area contributed by atoms with E-state index in [1.165, 1.54) is 12.8 Å². The Morgan fingerprint density at radius 1 is 1.06 bits per heavy atom. The molecule has 0 saturated heterocycles. The second kappa shape index (κ2) is 7.29. The molecule has 0 rings (SSSR count). The summed E-state index contributed by atoms with van der Waals surface area (Å²) in [5, 5.41) is 3.62. The Morgan fingerprint density at radius 3 is 1.81 bits per heavy atom. The highest BCUT2D eigenvalue weighted by atomic mass is 16.5. The van der Waals surface area contributed by atoms with E-state index in [-0.39, 0.29) is 11.5 Å². The van der Waals surface area contributed by atoms with Crippen LogP contribution in [0.25, 0.3) is 0 Å². The van der Waals surface area contributed by atoms with Gasteiger partial charge in [-0.3, -0.25) is 0 Å². The first-order valence-electron chi connectivity index (χ1n) is 6.68. The summed E-state index contributed by atoms with van der Waals surface area (Å²) < 4.78 is 5.75. The van der Waals surface area contributed by atoms with Crippen LogP contribution in [0.15, 0.2) is 0 Å². The number of hydrogen-bond donors (Lipinski definition) is 1. The number of methoxy groups -OCH3 is 1. The van der Waals surface area contributed by atoms with Crippen molar-refractivity contribution in [2.24, 2.45) is 11.3 Å². The van der Waals surface area contributed by atoms with Crippen molar-refractivity contribution in [3.8, 4) is 0 Å². The van der Waals surface area contributed by atoms with Gasteiger partial charge in [-0.1, -0.05) is 54.4 Å². The molecule has 0 aromatic heterocycles. The summed E-state index contributed by atoms with van der Waals surface area (Å²) >= 11 is 0. The predicted molar refractivity (Wildman–Crippen MR) is 71.8 cm³/mol. The summed E-state index contributed by atoms with van der Waals surface area (Å²) in [6.07, 6.45) is 2.70. The third kappa shape index (κ3) is 4.42. The fourth-order valence-corrected chi connectivity index (χ4v) is 2.59. The van der Waals surface area contributed by atoms with E-state index in [2.05, 4.69) is 46.9 Å². The normalized spacial score (nSPS) is 16.5. The molecule has 0 aromatic carbocycles. The van der Waals surface area contributed by atoms with Crippen LogP contribution in [0, 0.1) is 11.3 Å². The lowest BCUT2D eigenvalue weighted by atomic mass is 9.78. The minimum atomic E-state index is 0.185. The molecule has 2 nitrogen and oxygen atoms in total. The highest BCUT2D eigenvalue weighted by Crippen LogP contribution is 2.29. The van der Waals surface area contributed by atoms with E-state index in [1.54, 1.807) is 0 Å². The fourth-order valence-electron chi connectivity index (χ4n) is 2.59. The van der Waals surface area contributed by atoms with Gasteiger partial charge in [-0.05, 0) is 17.9 Å². The smallest absolute Gasteiger partial charge is 0.0775 e. The lowest BCUT2D eigenvalue weighted by molar-refractivity contribution is -0.0271. The first kappa shape index (κ1) is 15.9. The van der Waals surface area contributed by atoms with Gasteiger partial charge < -0.3 is 10.1 Å². The zero-order chi connectivity index (χ0) is 12.8. The van der Waals surface area contributed by atoms with Crippen molar-refractivity contribution in [3.63, 3.8) is 0 Å². The van der Waals surface area contributed by atoms with Crippen LogP contribution in [0.2, 0.25) is 0 Å². The highest BCUT2D eigenvalue weighted by Gasteiger charge is 2.35. The minimum absolute atomic E-state index is 0.185. The third-order valence-corrected chi connectivity index (χ3v) is 3.43. The molecule has 0 saturated carbocycles. The number of rotatable bonds is 7. The van der Waals surface area contributed by atoms with Gasteiger partial charge in [0.2, 0.25) is 0 Å². The topological polar surface area (TPSA) is 21.3 Å². The number of likely N-dealkylation sites (N-methyl/N-ethyl adjacent to an activating group) is 1. The molecule has 16 heavy (non-hydrogen) atoms. The van der Waals surface area contributed by atoms with Crippen LogP contribution in [-0.4, -0.2) is 25.8 Å². The summed E-state index contributed by atoms with van der Waals surface area (Å²) in [4.78, 5) is 0. The Labute approximate surface area is 102 Å². The molecule has 1 N–H and O–H groups in total. The van der Waals surface area contributed by atoms with E-state index >= 15 is 0 Å². The fraction of sp³-hybridized carbons (Fsp3) is 1.00. The van der Waals surface area contributed by atoms with Crippen LogP contribution in [-0.2, 0) is 4.74 Å². The monoisotopic (exact) mass is 229 g/mol. The van der Waals surface area contributed by atoms with E-state index < -0.39 is 0 Å². The van der Waals surface area contributed by atoms with Crippen molar-refractivity contribution < 1.29 is 4.74 Å². The Kier molecular flexibility index (Phi) is 7.25. The molecule has 0 aliphatic heterocycles.